The molecule has 1 heterocycles. The molecule has 2 amide bonds. The first kappa shape index (κ1) is 19.3. The summed E-state index contributed by atoms with van der Waals surface area (Å²) in [6, 6.07) is 9.84. The molecule has 0 saturated carbocycles. The number of fused-ring (bicyclic) bond motifs is 1. The standard InChI is InChI=1S/C19H17F2N3O4/c1-2-23(10-16(25)22-18-12(20)6-5-7-13(18)21)17(26)11-24-14-8-3-4-9-15(14)28-19(24)27/h3-9H,2,10-11H2,1H3,(H,22,25). The Morgan fingerprint density at radius 1 is 1.11 bits per heavy atom. The zero-order chi connectivity index (χ0) is 20.3. The van der Waals surface area contributed by atoms with E-state index in [0.29, 0.717) is 11.1 Å². The Morgan fingerprint density at radius 3 is 2.46 bits per heavy atom. The molecule has 3 aromatic rings. The summed E-state index contributed by atoms with van der Waals surface area (Å²) in [5.41, 5.74) is 0.221. The van der Waals surface area contributed by atoms with Gasteiger partial charge in [-0.3, -0.25) is 14.2 Å². The van der Waals surface area contributed by atoms with Gasteiger partial charge in [0.05, 0.1) is 12.1 Å². The van der Waals surface area contributed by atoms with E-state index in [1.165, 1.54) is 11.0 Å². The minimum atomic E-state index is -0.917. The Bertz CT molecular complexity index is 1070. The SMILES string of the molecule is CCN(CC(=O)Nc1c(F)cccc1F)C(=O)Cn1c(=O)oc2ccccc21. The summed E-state index contributed by atoms with van der Waals surface area (Å²) in [6.07, 6.45) is 0. The van der Waals surface area contributed by atoms with Crippen molar-refractivity contribution in [2.24, 2.45) is 0 Å². The molecule has 0 unspecified atom stereocenters. The monoisotopic (exact) mass is 389 g/mol. The Morgan fingerprint density at radius 2 is 1.79 bits per heavy atom. The maximum atomic E-state index is 13.6. The third-order valence-corrected chi connectivity index (χ3v) is 4.16. The molecule has 0 atom stereocenters. The van der Waals surface area contributed by atoms with Gasteiger partial charge in [-0.1, -0.05) is 18.2 Å². The molecule has 1 aromatic heterocycles. The zero-order valence-electron chi connectivity index (χ0n) is 14.9. The predicted molar refractivity (Wildman–Crippen MR) is 97.7 cm³/mol. The van der Waals surface area contributed by atoms with Crippen LogP contribution >= 0.6 is 0 Å². The quantitative estimate of drug-likeness (QED) is 0.702. The zero-order valence-corrected chi connectivity index (χ0v) is 14.9. The third kappa shape index (κ3) is 3.93. The van der Waals surface area contributed by atoms with Gasteiger partial charge in [0.15, 0.2) is 5.58 Å². The number of para-hydroxylation sites is 3. The smallest absolute Gasteiger partial charge is 0.408 e. The van der Waals surface area contributed by atoms with Gasteiger partial charge in [-0.2, -0.15) is 0 Å². The number of hydrogen-bond acceptors (Lipinski definition) is 4. The first-order chi connectivity index (χ1) is 13.4. The van der Waals surface area contributed by atoms with Gasteiger partial charge < -0.3 is 14.6 Å². The first-order valence-corrected chi connectivity index (χ1v) is 8.50. The van der Waals surface area contributed by atoms with Gasteiger partial charge in [0.25, 0.3) is 0 Å². The van der Waals surface area contributed by atoms with Crippen molar-refractivity contribution in [2.45, 2.75) is 13.5 Å². The lowest BCUT2D eigenvalue weighted by atomic mass is 10.3. The lowest BCUT2D eigenvalue weighted by molar-refractivity contribution is -0.135. The van der Waals surface area contributed by atoms with Crippen molar-refractivity contribution in [3.05, 3.63) is 64.6 Å². The van der Waals surface area contributed by atoms with Crippen LogP contribution in [0.1, 0.15) is 6.92 Å². The van der Waals surface area contributed by atoms with Crippen LogP contribution in [-0.2, 0) is 16.1 Å². The highest BCUT2D eigenvalue weighted by atomic mass is 19.1. The summed E-state index contributed by atoms with van der Waals surface area (Å²) in [5, 5.41) is 2.13. The highest BCUT2D eigenvalue weighted by Gasteiger charge is 2.20. The molecule has 0 aliphatic rings. The highest BCUT2D eigenvalue weighted by Crippen LogP contribution is 2.18. The molecule has 0 aliphatic carbocycles. The van der Waals surface area contributed by atoms with E-state index >= 15 is 0 Å². The molecule has 9 heteroatoms. The van der Waals surface area contributed by atoms with Crippen LogP contribution < -0.4 is 11.1 Å². The van der Waals surface area contributed by atoms with Crippen LogP contribution in [0.25, 0.3) is 11.1 Å². The number of halogens is 2. The van der Waals surface area contributed by atoms with Crippen molar-refractivity contribution >= 4 is 28.6 Å². The van der Waals surface area contributed by atoms with Gasteiger partial charge in [0, 0.05) is 6.54 Å². The van der Waals surface area contributed by atoms with E-state index in [2.05, 4.69) is 5.32 Å². The van der Waals surface area contributed by atoms with Gasteiger partial charge in [0.2, 0.25) is 11.8 Å². The van der Waals surface area contributed by atoms with E-state index < -0.39 is 41.4 Å². The number of nitrogens with one attached hydrogen (secondary N) is 1. The maximum absolute atomic E-state index is 13.6. The average molecular weight is 389 g/mol. The summed E-state index contributed by atoms with van der Waals surface area (Å²) >= 11 is 0. The van der Waals surface area contributed by atoms with Crippen molar-refractivity contribution in [2.75, 3.05) is 18.4 Å². The molecule has 146 valence electrons. The number of nitrogens with zero attached hydrogens (tertiary/aromatic N) is 2. The van der Waals surface area contributed by atoms with E-state index in [1.807, 2.05) is 0 Å². The van der Waals surface area contributed by atoms with Crippen molar-refractivity contribution < 1.29 is 22.8 Å². The van der Waals surface area contributed by atoms with Gasteiger partial charge in [-0.25, -0.2) is 13.6 Å². The second-order valence-electron chi connectivity index (χ2n) is 5.97. The van der Waals surface area contributed by atoms with Crippen molar-refractivity contribution in [3.63, 3.8) is 0 Å². The lowest BCUT2D eigenvalue weighted by Crippen LogP contribution is -2.40. The molecule has 2 aromatic carbocycles. The molecular formula is C19H17F2N3O4. The van der Waals surface area contributed by atoms with Crippen LogP contribution in [0.15, 0.2) is 51.7 Å². The van der Waals surface area contributed by atoms with E-state index in [4.69, 9.17) is 4.42 Å². The summed E-state index contributed by atoms with van der Waals surface area (Å²) < 4.78 is 33.5. The molecule has 28 heavy (non-hydrogen) atoms. The van der Waals surface area contributed by atoms with E-state index in [9.17, 15) is 23.2 Å². The largest absolute Gasteiger partial charge is 0.420 e. The number of oxazole rings is 1. The first-order valence-electron chi connectivity index (χ1n) is 8.50. The topological polar surface area (TPSA) is 84.5 Å². The lowest BCUT2D eigenvalue weighted by Gasteiger charge is -2.20. The van der Waals surface area contributed by atoms with E-state index in [0.717, 1.165) is 16.7 Å². The Hall–Kier alpha value is -3.49. The fraction of sp³-hybridized carbons (Fsp3) is 0.211. The Kier molecular flexibility index (Phi) is 5.53. The van der Waals surface area contributed by atoms with E-state index in [1.54, 1.807) is 31.2 Å². The molecule has 0 radical (unpaired) electrons. The molecule has 1 N–H and O–H groups in total. The minimum absolute atomic E-state index is 0.163. The van der Waals surface area contributed by atoms with Gasteiger partial charge in [0.1, 0.15) is 23.9 Å². The number of aromatic nitrogens is 1. The summed E-state index contributed by atoms with van der Waals surface area (Å²) in [7, 11) is 0. The van der Waals surface area contributed by atoms with Crippen LogP contribution in [0.3, 0.4) is 0 Å². The van der Waals surface area contributed by atoms with E-state index in [-0.39, 0.29) is 13.1 Å². The normalized spacial score (nSPS) is 10.8. The molecule has 0 fully saturated rings. The molecular weight excluding hydrogens is 372 g/mol. The van der Waals surface area contributed by atoms with Gasteiger partial charge in [-0.05, 0) is 31.2 Å². The number of benzene rings is 2. The maximum Gasteiger partial charge on any atom is 0.420 e. The molecule has 7 nitrogen and oxygen atoms in total. The number of anilines is 1. The highest BCUT2D eigenvalue weighted by molar-refractivity contribution is 5.94. The van der Waals surface area contributed by atoms with Crippen LogP contribution in [0.5, 0.6) is 0 Å². The van der Waals surface area contributed by atoms with Crippen molar-refractivity contribution in [1.82, 2.24) is 9.47 Å². The number of carbonyl (C=O) groups excluding carboxylic acids is 2. The predicted octanol–water partition coefficient (Wildman–Crippen LogP) is 2.36. The van der Waals surface area contributed by atoms with Crippen LogP contribution in [0, 0.1) is 11.6 Å². The summed E-state index contributed by atoms with van der Waals surface area (Å²) in [4.78, 5) is 37.9. The average Bonchev–Trinajstić information content (AvgIpc) is 2.98. The second kappa shape index (κ2) is 8.03. The third-order valence-electron chi connectivity index (χ3n) is 4.16. The number of carbonyl (C=O) groups is 2. The van der Waals surface area contributed by atoms with Crippen molar-refractivity contribution in [1.29, 1.82) is 0 Å². The Labute approximate surface area is 158 Å². The van der Waals surface area contributed by atoms with Gasteiger partial charge >= 0.3 is 5.76 Å². The minimum Gasteiger partial charge on any atom is -0.408 e. The van der Waals surface area contributed by atoms with Crippen LogP contribution in [-0.4, -0.2) is 34.4 Å². The number of hydrogen-bond donors (Lipinski definition) is 1. The van der Waals surface area contributed by atoms with Crippen LogP contribution in [0.2, 0.25) is 0 Å². The second-order valence-corrected chi connectivity index (χ2v) is 5.97. The summed E-state index contributed by atoms with van der Waals surface area (Å²) in [6.45, 7) is 1.06. The molecule has 0 bridgehead atoms. The fourth-order valence-electron chi connectivity index (χ4n) is 2.74. The van der Waals surface area contributed by atoms with Crippen LogP contribution in [0.4, 0.5) is 14.5 Å². The fourth-order valence-corrected chi connectivity index (χ4v) is 2.74. The summed E-state index contributed by atoms with van der Waals surface area (Å²) in [5.74, 6) is -3.80. The molecule has 3 rings (SSSR count). The number of likely N-dealkylation sites (N-methyl/N-ethyl adjacent to an activating group) is 1. The van der Waals surface area contributed by atoms with Crippen molar-refractivity contribution in [3.8, 4) is 0 Å². The molecule has 0 spiro atoms. The van der Waals surface area contributed by atoms with Gasteiger partial charge in [-0.15, -0.1) is 0 Å². The Balaban J connectivity index is 1.72. The molecule has 0 saturated heterocycles. The molecule has 0 aliphatic heterocycles. The number of rotatable bonds is 6. The number of amides is 2.